The number of hydrogen-bond donors (Lipinski definition) is 1. The average Bonchev–Trinajstić information content (AvgIpc) is 2.73. The lowest BCUT2D eigenvalue weighted by atomic mass is 10.3. The van der Waals surface area contributed by atoms with Crippen LogP contribution in [0.15, 0.2) is 39.5 Å². The van der Waals surface area contributed by atoms with Gasteiger partial charge in [-0.3, -0.25) is 4.98 Å². The molecule has 0 saturated carbocycles. The Labute approximate surface area is 119 Å². The molecule has 0 spiro atoms. The maximum Gasteiger partial charge on any atom is 0.140 e. The number of halogens is 3. The Hall–Kier alpha value is -1.27. The predicted molar refractivity (Wildman–Crippen MR) is 74.7 cm³/mol. The van der Waals surface area contributed by atoms with Gasteiger partial charge in [0.1, 0.15) is 11.6 Å². The van der Waals surface area contributed by atoms with Crippen molar-refractivity contribution in [3.8, 4) is 11.4 Å². The third-order valence-corrected chi connectivity index (χ3v) is 3.54. The lowest BCUT2D eigenvalue weighted by Crippen LogP contribution is -1.82. The topological polar surface area (TPSA) is 41.6 Å². The van der Waals surface area contributed by atoms with Gasteiger partial charge in [-0.05, 0) is 44.0 Å². The molecule has 0 radical (unpaired) electrons. The Bertz CT molecular complexity index is 700. The quantitative estimate of drug-likeness (QED) is 0.694. The Morgan fingerprint density at radius 3 is 2.72 bits per heavy atom. The first-order chi connectivity index (χ1) is 8.63. The number of hydrogen-bond acceptors (Lipinski definition) is 2. The molecule has 0 aliphatic rings. The third-order valence-electron chi connectivity index (χ3n) is 2.50. The van der Waals surface area contributed by atoms with Crippen LogP contribution in [0.5, 0.6) is 0 Å². The zero-order valence-corrected chi connectivity index (χ0v) is 12.1. The second-order valence-electron chi connectivity index (χ2n) is 3.76. The highest BCUT2D eigenvalue weighted by Crippen LogP contribution is 2.26. The van der Waals surface area contributed by atoms with Crippen molar-refractivity contribution in [1.29, 1.82) is 0 Å². The van der Waals surface area contributed by atoms with Crippen LogP contribution < -0.4 is 0 Å². The summed E-state index contributed by atoms with van der Waals surface area (Å²) in [4.78, 5) is 11.6. The van der Waals surface area contributed by atoms with E-state index in [0.29, 0.717) is 21.3 Å². The number of nitrogens with one attached hydrogen (secondary N) is 1. The maximum absolute atomic E-state index is 13.4. The summed E-state index contributed by atoms with van der Waals surface area (Å²) < 4.78 is 14.7. The normalized spacial score (nSPS) is 11.1. The van der Waals surface area contributed by atoms with E-state index in [1.807, 2.05) is 6.07 Å². The monoisotopic (exact) mass is 369 g/mol. The summed E-state index contributed by atoms with van der Waals surface area (Å²) in [7, 11) is 0. The van der Waals surface area contributed by atoms with E-state index in [2.05, 4.69) is 46.8 Å². The second-order valence-corrected chi connectivity index (χ2v) is 5.53. The third kappa shape index (κ3) is 2.06. The number of imidazole rings is 1. The average molecular weight is 371 g/mol. The standard InChI is InChI=1S/C12H6Br2FN3/c13-7-1-6(4-16-5-7)12-17-10-2-8(14)9(15)3-11(10)18-12/h1-5H,(H,17,18). The Kier molecular flexibility index (Phi) is 2.91. The second kappa shape index (κ2) is 4.44. The fourth-order valence-electron chi connectivity index (χ4n) is 1.68. The molecule has 0 aliphatic carbocycles. The number of pyridine rings is 1. The van der Waals surface area contributed by atoms with Crippen LogP contribution in [-0.4, -0.2) is 15.0 Å². The molecule has 3 aromatic rings. The molecular formula is C12H6Br2FN3. The van der Waals surface area contributed by atoms with Crippen LogP contribution in [0.2, 0.25) is 0 Å². The van der Waals surface area contributed by atoms with Crippen molar-refractivity contribution in [2.24, 2.45) is 0 Å². The lowest BCUT2D eigenvalue weighted by Gasteiger charge is -1.95. The first-order valence-corrected chi connectivity index (χ1v) is 6.68. The van der Waals surface area contributed by atoms with E-state index in [-0.39, 0.29) is 5.82 Å². The van der Waals surface area contributed by atoms with Crippen LogP contribution in [0.25, 0.3) is 22.4 Å². The first kappa shape index (κ1) is 11.8. The van der Waals surface area contributed by atoms with Crippen molar-refractivity contribution in [1.82, 2.24) is 15.0 Å². The molecule has 90 valence electrons. The fraction of sp³-hybridized carbons (Fsp3) is 0. The van der Waals surface area contributed by atoms with Crippen molar-refractivity contribution < 1.29 is 4.39 Å². The van der Waals surface area contributed by atoms with Crippen molar-refractivity contribution in [2.45, 2.75) is 0 Å². The number of aromatic amines is 1. The summed E-state index contributed by atoms with van der Waals surface area (Å²) in [6.45, 7) is 0. The lowest BCUT2D eigenvalue weighted by molar-refractivity contribution is 0.623. The fourth-order valence-corrected chi connectivity index (χ4v) is 2.38. The van der Waals surface area contributed by atoms with E-state index >= 15 is 0 Å². The van der Waals surface area contributed by atoms with Gasteiger partial charge in [0.25, 0.3) is 0 Å². The van der Waals surface area contributed by atoms with Gasteiger partial charge in [0.05, 0.1) is 15.5 Å². The Morgan fingerprint density at radius 2 is 1.94 bits per heavy atom. The maximum atomic E-state index is 13.4. The number of benzene rings is 1. The van der Waals surface area contributed by atoms with Crippen molar-refractivity contribution in [3.05, 3.63) is 45.4 Å². The largest absolute Gasteiger partial charge is 0.338 e. The molecule has 18 heavy (non-hydrogen) atoms. The summed E-state index contributed by atoms with van der Waals surface area (Å²) in [6, 6.07) is 4.97. The number of aromatic nitrogens is 3. The molecule has 0 amide bonds. The van der Waals surface area contributed by atoms with Gasteiger partial charge in [0.15, 0.2) is 0 Å². The summed E-state index contributed by atoms with van der Waals surface area (Å²) in [5.74, 6) is 0.348. The molecule has 0 saturated heterocycles. The van der Waals surface area contributed by atoms with Gasteiger partial charge in [0, 0.05) is 28.5 Å². The van der Waals surface area contributed by atoms with Gasteiger partial charge in [-0.15, -0.1) is 0 Å². The van der Waals surface area contributed by atoms with Gasteiger partial charge in [-0.25, -0.2) is 9.37 Å². The van der Waals surface area contributed by atoms with Crippen LogP contribution in [-0.2, 0) is 0 Å². The molecule has 2 aromatic heterocycles. The summed E-state index contributed by atoms with van der Waals surface area (Å²) >= 11 is 6.50. The number of fused-ring (bicyclic) bond motifs is 1. The van der Waals surface area contributed by atoms with E-state index < -0.39 is 0 Å². The zero-order valence-electron chi connectivity index (χ0n) is 8.92. The number of H-pyrrole nitrogens is 1. The summed E-state index contributed by atoms with van der Waals surface area (Å²) in [5.41, 5.74) is 2.21. The Morgan fingerprint density at radius 1 is 1.11 bits per heavy atom. The highest BCUT2D eigenvalue weighted by Gasteiger charge is 2.09. The van der Waals surface area contributed by atoms with E-state index in [1.54, 1.807) is 18.5 Å². The van der Waals surface area contributed by atoms with E-state index in [0.717, 1.165) is 10.0 Å². The summed E-state index contributed by atoms with van der Waals surface area (Å²) in [6.07, 6.45) is 3.40. The van der Waals surface area contributed by atoms with E-state index in [4.69, 9.17) is 0 Å². The van der Waals surface area contributed by atoms with E-state index in [9.17, 15) is 4.39 Å². The van der Waals surface area contributed by atoms with Crippen molar-refractivity contribution in [2.75, 3.05) is 0 Å². The highest BCUT2D eigenvalue weighted by atomic mass is 79.9. The van der Waals surface area contributed by atoms with Crippen LogP contribution in [0.3, 0.4) is 0 Å². The highest BCUT2D eigenvalue weighted by molar-refractivity contribution is 9.10. The minimum Gasteiger partial charge on any atom is -0.338 e. The molecular weight excluding hydrogens is 365 g/mol. The van der Waals surface area contributed by atoms with E-state index in [1.165, 1.54) is 6.07 Å². The molecule has 0 unspecified atom stereocenters. The molecule has 2 heterocycles. The molecule has 1 N–H and O–H groups in total. The Balaban J connectivity index is 2.19. The molecule has 6 heteroatoms. The first-order valence-electron chi connectivity index (χ1n) is 5.09. The molecule has 0 fully saturated rings. The molecule has 3 nitrogen and oxygen atoms in total. The predicted octanol–water partition coefficient (Wildman–Crippen LogP) is 4.29. The van der Waals surface area contributed by atoms with Crippen LogP contribution in [0.4, 0.5) is 4.39 Å². The number of rotatable bonds is 1. The van der Waals surface area contributed by atoms with Crippen LogP contribution in [0, 0.1) is 5.82 Å². The number of nitrogens with zero attached hydrogens (tertiary/aromatic N) is 2. The van der Waals surface area contributed by atoms with Gasteiger partial charge in [0.2, 0.25) is 0 Å². The van der Waals surface area contributed by atoms with Gasteiger partial charge in [-0.2, -0.15) is 0 Å². The van der Waals surface area contributed by atoms with Crippen LogP contribution in [0.1, 0.15) is 0 Å². The zero-order chi connectivity index (χ0) is 12.7. The molecule has 1 aromatic carbocycles. The van der Waals surface area contributed by atoms with Crippen LogP contribution >= 0.6 is 31.9 Å². The summed E-state index contributed by atoms with van der Waals surface area (Å²) in [5, 5.41) is 0. The molecule has 0 atom stereocenters. The SMILES string of the molecule is Fc1cc2[nH]c(-c3cncc(Br)c3)nc2cc1Br. The van der Waals surface area contributed by atoms with Gasteiger partial charge in [-0.1, -0.05) is 0 Å². The van der Waals surface area contributed by atoms with Gasteiger partial charge >= 0.3 is 0 Å². The minimum atomic E-state index is -0.315. The minimum absolute atomic E-state index is 0.315. The smallest absolute Gasteiger partial charge is 0.140 e. The molecule has 0 aliphatic heterocycles. The molecule has 0 bridgehead atoms. The molecule has 3 rings (SSSR count). The van der Waals surface area contributed by atoms with Gasteiger partial charge < -0.3 is 4.98 Å². The van der Waals surface area contributed by atoms with Crippen molar-refractivity contribution >= 4 is 42.9 Å². The van der Waals surface area contributed by atoms with Crippen molar-refractivity contribution in [3.63, 3.8) is 0 Å².